The van der Waals surface area contributed by atoms with Gasteiger partial charge in [-0.3, -0.25) is 9.59 Å². The molecule has 0 aromatic carbocycles. The summed E-state index contributed by atoms with van der Waals surface area (Å²) in [6.45, 7) is 4.92. The standard InChI is InChI=1S/C63H119NO5/c1-3-5-7-9-11-13-15-16-17-29-32-36-39-43-47-51-55-61(66)60(59-65)64-62(67)56-52-48-44-40-37-33-30-27-25-23-21-19-18-20-22-24-26-28-31-34-38-42-46-50-54-58-69-63(68)57-53-49-45-41-35-14-12-10-8-6-4-2/h10,12,19-22,60-61,65-66H,3-9,11,13-18,23-59H2,1-2H3,(H,64,67)/b12-10-,21-19-,22-20-. The smallest absolute Gasteiger partial charge is 0.305 e. The van der Waals surface area contributed by atoms with Gasteiger partial charge < -0.3 is 20.3 Å². The quantitative estimate of drug-likeness (QED) is 0.0321. The summed E-state index contributed by atoms with van der Waals surface area (Å²) in [5.74, 6) is -0.0417. The van der Waals surface area contributed by atoms with Gasteiger partial charge in [-0.15, -0.1) is 0 Å². The van der Waals surface area contributed by atoms with Crippen molar-refractivity contribution < 1.29 is 24.5 Å². The highest BCUT2D eigenvalue weighted by Crippen LogP contribution is 2.17. The molecule has 3 N–H and O–H groups in total. The summed E-state index contributed by atoms with van der Waals surface area (Å²) in [5, 5.41) is 23.3. The van der Waals surface area contributed by atoms with E-state index in [1.54, 1.807) is 0 Å². The Hall–Kier alpha value is -1.92. The molecule has 0 saturated carbocycles. The van der Waals surface area contributed by atoms with Gasteiger partial charge in [0, 0.05) is 12.8 Å². The molecule has 0 rings (SSSR count). The number of amides is 1. The van der Waals surface area contributed by atoms with Crippen LogP contribution in [0, 0.1) is 0 Å². The number of carbonyl (C=O) groups is 2. The van der Waals surface area contributed by atoms with E-state index < -0.39 is 12.1 Å². The van der Waals surface area contributed by atoms with Crippen molar-refractivity contribution in [1.29, 1.82) is 0 Å². The molecule has 0 aliphatic rings. The average molecular weight is 971 g/mol. The molecule has 0 saturated heterocycles. The predicted octanol–water partition coefficient (Wildman–Crippen LogP) is 19.2. The Labute approximate surface area is 430 Å². The minimum atomic E-state index is -0.668. The number of allylic oxidation sites excluding steroid dienone is 6. The van der Waals surface area contributed by atoms with Crippen LogP contribution in [-0.2, 0) is 14.3 Å². The van der Waals surface area contributed by atoms with Crippen LogP contribution in [0.2, 0.25) is 0 Å². The summed E-state index contributed by atoms with van der Waals surface area (Å²) in [7, 11) is 0. The van der Waals surface area contributed by atoms with Crippen LogP contribution in [0.3, 0.4) is 0 Å². The van der Waals surface area contributed by atoms with Crippen LogP contribution in [0.15, 0.2) is 36.5 Å². The second-order valence-electron chi connectivity index (χ2n) is 21.0. The van der Waals surface area contributed by atoms with Gasteiger partial charge in [0.2, 0.25) is 5.91 Å². The van der Waals surface area contributed by atoms with E-state index >= 15 is 0 Å². The molecular formula is C63H119NO5. The number of aliphatic hydroxyl groups is 2. The molecule has 0 heterocycles. The lowest BCUT2D eigenvalue weighted by Gasteiger charge is -2.22. The highest BCUT2D eigenvalue weighted by Gasteiger charge is 2.20. The minimum absolute atomic E-state index is 0.00218. The monoisotopic (exact) mass is 970 g/mol. The molecule has 0 aliphatic heterocycles. The highest BCUT2D eigenvalue weighted by molar-refractivity contribution is 5.76. The van der Waals surface area contributed by atoms with Crippen molar-refractivity contribution in [3.05, 3.63) is 36.5 Å². The summed E-state index contributed by atoms with van der Waals surface area (Å²) in [4.78, 5) is 24.5. The van der Waals surface area contributed by atoms with E-state index in [-0.39, 0.29) is 18.5 Å². The van der Waals surface area contributed by atoms with E-state index in [1.165, 1.54) is 244 Å². The number of esters is 1. The third-order valence-corrected chi connectivity index (χ3v) is 14.2. The number of hydrogen-bond acceptors (Lipinski definition) is 5. The first-order chi connectivity index (χ1) is 34.0. The Morgan fingerprint density at radius 1 is 0.406 bits per heavy atom. The molecular weight excluding hydrogens is 851 g/mol. The zero-order valence-electron chi connectivity index (χ0n) is 46.3. The second kappa shape index (κ2) is 58.6. The minimum Gasteiger partial charge on any atom is -0.466 e. The molecule has 0 aliphatic carbocycles. The Morgan fingerprint density at radius 2 is 0.739 bits per heavy atom. The van der Waals surface area contributed by atoms with Gasteiger partial charge in [0.15, 0.2) is 0 Å². The first-order valence-corrected chi connectivity index (χ1v) is 30.7. The van der Waals surface area contributed by atoms with Crippen LogP contribution in [0.25, 0.3) is 0 Å². The first kappa shape index (κ1) is 67.1. The molecule has 1 amide bonds. The maximum Gasteiger partial charge on any atom is 0.305 e. The van der Waals surface area contributed by atoms with E-state index in [2.05, 4.69) is 55.6 Å². The maximum absolute atomic E-state index is 12.5. The fourth-order valence-corrected chi connectivity index (χ4v) is 9.42. The first-order valence-electron chi connectivity index (χ1n) is 30.7. The molecule has 69 heavy (non-hydrogen) atoms. The lowest BCUT2D eigenvalue weighted by molar-refractivity contribution is -0.143. The zero-order valence-corrected chi connectivity index (χ0v) is 46.3. The summed E-state index contributed by atoms with van der Waals surface area (Å²) in [5.41, 5.74) is 0. The third-order valence-electron chi connectivity index (χ3n) is 14.2. The fourth-order valence-electron chi connectivity index (χ4n) is 9.42. The van der Waals surface area contributed by atoms with Gasteiger partial charge >= 0.3 is 5.97 Å². The number of carbonyl (C=O) groups excluding carboxylic acids is 2. The summed E-state index contributed by atoms with van der Waals surface area (Å²) < 4.78 is 5.45. The predicted molar refractivity (Wildman–Crippen MR) is 301 cm³/mol. The topological polar surface area (TPSA) is 95.9 Å². The molecule has 0 bridgehead atoms. The van der Waals surface area contributed by atoms with Gasteiger partial charge in [-0.25, -0.2) is 0 Å². The van der Waals surface area contributed by atoms with Crippen LogP contribution in [0.4, 0.5) is 0 Å². The normalized spacial score (nSPS) is 12.8. The lowest BCUT2D eigenvalue weighted by atomic mass is 10.0. The molecule has 2 atom stereocenters. The van der Waals surface area contributed by atoms with Crippen LogP contribution >= 0.6 is 0 Å². The van der Waals surface area contributed by atoms with E-state index in [4.69, 9.17) is 4.74 Å². The Kier molecular flexibility index (Phi) is 57.0. The molecule has 0 fully saturated rings. The number of rotatable bonds is 57. The Balaban J connectivity index is 3.44. The van der Waals surface area contributed by atoms with E-state index in [0.717, 1.165) is 51.4 Å². The van der Waals surface area contributed by atoms with E-state index in [9.17, 15) is 19.8 Å². The van der Waals surface area contributed by atoms with Crippen LogP contribution in [-0.4, -0.2) is 47.4 Å². The van der Waals surface area contributed by atoms with Gasteiger partial charge in [-0.05, 0) is 77.0 Å². The number of hydrogen-bond donors (Lipinski definition) is 3. The van der Waals surface area contributed by atoms with Crippen molar-refractivity contribution in [3.63, 3.8) is 0 Å². The summed E-state index contributed by atoms with van der Waals surface area (Å²) >= 11 is 0. The number of ether oxygens (including phenoxy) is 1. The number of unbranched alkanes of at least 4 members (excludes halogenated alkanes) is 40. The third kappa shape index (κ3) is 55.2. The summed E-state index contributed by atoms with van der Waals surface area (Å²) in [6.07, 6.45) is 72.9. The molecule has 0 aromatic rings. The van der Waals surface area contributed by atoms with E-state index in [0.29, 0.717) is 25.9 Å². The largest absolute Gasteiger partial charge is 0.466 e. The fraction of sp³-hybridized carbons (Fsp3) is 0.873. The lowest BCUT2D eigenvalue weighted by Crippen LogP contribution is -2.45. The SMILES string of the molecule is CCCC/C=C\CCCCCCCC(=O)OCCCCCCCCCCC/C=C\C/C=C\CCCCCCCCCCCC(=O)NC(CO)C(O)CCCCCCCCCCCCCCCCCC. The van der Waals surface area contributed by atoms with Crippen molar-refractivity contribution in [2.24, 2.45) is 0 Å². The molecule has 0 aromatic heterocycles. The molecule has 6 heteroatoms. The molecule has 2 unspecified atom stereocenters. The summed E-state index contributed by atoms with van der Waals surface area (Å²) in [6, 6.07) is -0.546. The van der Waals surface area contributed by atoms with Crippen molar-refractivity contribution in [2.45, 2.75) is 341 Å². The zero-order chi connectivity index (χ0) is 50.0. The van der Waals surface area contributed by atoms with Gasteiger partial charge in [-0.1, -0.05) is 275 Å². The number of aliphatic hydroxyl groups excluding tert-OH is 2. The number of nitrogens with one attached hydrogen (secondary N) is 1. The van der Waals surface area contributed by atoms with Gasteiger partial charge in [-0.2, -0.15) is 0 Å². The van der Waals surface area contributed by atoms with Crippen LogP contribution in [0.1, 0.15) is 328 Å². The van der Waals surface area contributed by atoms with E-state index in [1.807, 2.05) is 0 Å². The van der Waals surface area contributed by atoms with Crippen LogP contribution in [0.5, 0.6) is 0 Å². The van der Waals surface area contributed by atoms with Crippen molar-refractivity contribution >= 4 is 11.9 Å². The van der Waals surface area contributed by atoms with Gasteiger partial charge in [0.1, 0.15) is 0 Å². The maximum atomic E-state index is 12.5. The highest BCUT2D eigenvalue weighted by atomic mass is 16.5. The molecule has 0 radical (unpaired) electrons. The second-order valence-corrected chi connectivity index (χ2v) is 21.0. The molecule has 406 valence electrons. The van der Waals surface area contributed by atoms with Crippen molar-refractivity contribution in [2.75, 3.05) is 13.2 Å². The molecule has 0 spiro atoms. The average Bonchev–Trinajstić information content (AvgIpc) is 3.35. The molecule has 6 nitrogen and oxygen atoms in total. The van der Waals surface area contributed by atoms with Crippen molar-refractivity contribution in [3.8, 4) is 0 Å². The van der Waals surface area contributed by atoms with Gasteiger partial charge in [0.25, 0.3) is 0 Å². The van der Waals surface area contributed by atoms with Gasteiger partial charge in [0.05, 0.1) is 25.4 Å². The van der Waals surface area contributed by atoms with Crippen molar-refractivity contribution in [1.82, 2.24) is 5.32 Å². The Morgan fingerprint density at radius 3 is 1.16 bits per heavy atom. The van der Waals surface area contributed by atoms with Crippen LogP contribution < -0.4 is 5.32 Å². The Bertz CT molecular complexity index is 1120.